The third kappa shape index (κ3) is 3.58. The Balaban J connectivity index is 1.85. The average Bonchev–Trinajstić information content (AvgIpc) is 2.63. The van der Waals surface area contributed by atoms with Crippen molar-refractivity contribution in [2.45, 2.75) is 25.9 Å². The van der Waals surface area contributed by atoms with Crippen molar-refractivity contribution in [2.75, 3.05) is 20.8 Å². The quantitative estimate of drug-likeness (QED) is 0.814. The minimum Gasteiger partial charge on any atom is -0.504 e. The first-order chi connectivity index (χ1) is 12.2. The smallest absolute Gasteiger partial charge is 0.220 e. The molecule has 0 atom stereocenters. The molecule has 0 aliphatic carbocycles. The Morgan fingerprint density at radius 2 is 2.12 bits per heavy atom. The van der Waals surface area contributed by atoms with Crippen molar-refractivity contribution < 1.29 is 14.6 Å². The first-order valence-electron chi connectivity index (χ1n) is 8.25. The predicted octanol–water partition coefficient (Wildman–Crippen LogP) is 2.49. The molecule has 1 aliphatic heterocycles. The fourth-order valence-corrected chi connectivity index (χ4v) is 3.21. The van der Waals surface area contributed by atoms with Gasteiger partial charge in [-0.05, 0) is 18.1 Å². The standard InChI is InChI=1S/C19H23N3O3/c1-4-5-13-8-14(18(23)17(9-13)24-2)10-22-7-6-16-15(11-22)19(25-3)21-12-20-16/h4,8-9,12,23H,1,5-7,10-11H2,2-3H3. The van der Waals surface area contributed by atoms with Gasteiger partial charge in [0.25, 0.3) is 0 Å². The summed E-state index contributed by atoms with van der Waals surface area (Å²) >= 11 is 0. The number of methoxy groups -OCH3 is 2. The normalized spacial score (nSPS) is 14.0. The SMILES string of the molecule is C=CCc1cc(CN2CCc3ncnc(OC)c3C2)c(O)c(OC)c1. The van der Waals surface area contributed by atoms with Crippen LogP contribution in [-0.4, -0.2) is 40.7 Å². The minimum absolute atomic E-state index is 0.192. The Kier molecular flexibility index (Phi) is 5.19. The van der Waals surface area contributed by atoms with Crippen LogP contribution in [0.2, 0.25) is 0 Å². The second-order valence-corrected chi connectivity index (χ2v) is 6.07. The van der Waals surface area contributed by atoms with E-state index >= 15 is 0 Å². The summed E-state index contributed by atoms with van der Waals surface area (Å²) in [5.74, 6) is 1.31. The Labute approximate surface area is 147 Å². The molecule has 132 valence electrons. The summed E-state index contributed by atoms with van der Waals surface area (Å²) in [4.78, 5) is 10.8. The molecule has 0 amide bonds. The lowest BCUT2D eigenvalue weighted by atomic mass is 10.0. The molecule has 2 aromatic rings. The summed E-state index contributed by atoms with van der Waals surface area (Å²) in [6.45, 7) is 5.95. The van der Waals surface area contributed by atoms with Crippen LogP contribution in [0.5, 0.6) is 17.4 Å². The number of hydrogen-bond acceptors (Lipinski definition) is 6. The van der Waals surface area contributed by atoms with E-state index < -0.39 is 0 Å². The molecule has 6 heteroatoms. The topological polar surface area (TPSA) is 67.7 Å². The van der Waals surface area contributed by atoms with Gasteiger partial charge in [-0.2, -0.15) is 0 Å². The lowest BCUT2D eigenvalue weighted by Crippen LogP contribution is -2.31. The Morgan fingerprint density at radius 3 is 2.84 bits per heavy atom. The van der Waals surface area contributed by atoms with Gasteiger partial charge < -0.3 is 14.6 Å². The lowest BCUT2D eigenvalue weighted by Gasteiger charge is -2.29. The number of allylic oxidation sites excluding steroid dienone is 1. The number of nitrogens with zero attached hydrogens (tertiary/aromatic N) is 3. The maximum atomic E-state index is 10.5. The minimum atomic E-state index is 0.192. The van der Waals surface area contributed by atoms with Crippen LogP contribution in [0.1, 0.15) is 22.4 Å². The zero-order valence-electron chi connectivity index (χ0n) is 14.7. The summed E-state index contributed by atoms with van der Waals surface area (Å²) < 4.78 is 10.7. The van der Waals surface area contributed by atoms with Gasteiger partial charge in [0, 0.05) is 37.2 Å². The highest BCUT2D eigenvalue weighted by Crippen LogP contribution is 2.34. The number of rotatable bonds is 6. The summed E-state index contributed by atoms with van der Waals surface area (Å²) in [6, 6.07) is 3.86. The van der Waals surface area contributed by atoms with Gasteiger partial charge in [-0.25, -0.2) is 9.97 Å². The molecule has 0 saturated heterocycles. The van der Waals surface area contributed by atoms with Crippen LogP contribution in [-0.2, 0) is 25.9 Å². The van der Waals surface area contributed by atoms with E-state index in [9.17, 15) is 5.11 Å². The van der Waals surface area contributed by atoms with Gasteiger partial charge in [0.15, 0.2) is 11.5 Å². The number of phenols is 1. The van der Waals surface area contributed by atoms with Crippen molar-refractivity contribution in [1.82, 2.24) is 14.9 Å². The van der Waals surface area contributed by atoms with Crippen molar-refractivity contribution >= 4 is 0 Å². The zero-order chi connectivity index (χ0) is 17.8. The molecule has 0 bridgehead atoms. The van der Waals surface area contributed by atoms with Crippen LogP contribution in [0.15, 0.2) is 31.1 Å². The Hall–Kier alpha value is -2.60. The van der Waals surface area contributed by atoms with E-state index in [4.69, 9.17) is 9.47 Å². The molecule has 1 aromatic heterocycles. The fraction of sp³-hybridized carbons (Fsp3) is 0.368. The number of fused-ring (bicyclic) bond motifs is 1. The molecule has 2 heterocycles. The number of aromatic hydroxyl groups is 1. The summed E-state index contributed by atoms with van der Waals surface area (Å²) in [5, 5.41) is 10.5. The van der Waals surface area contributed by atoms with E-state index in [1.165, 1.54) is 0 Å². The molecule has 0 spiro atoms. The maximum absolute atomic E-state index is 10.5. The third-order valence-electron chi connectivity index (χ3n) is 4.44. The second kappa shape index (κ2) is 7.53. The van der Waals surface area contributed by atoms with E-state index in [0.717, 1.165) is 41.8 Å². The summed E-state index contributed by atoms with van der Waals surface area (Å²) in [7, 11) is 3.19. The van der Waals surface area contributed by atoms with Gasteiger partial charge >= 0.3 is 0 Å². The van der Waals surface area contributed by atoms with Gasteiger partial charge in [-0.15, -0.1) is 6.58 Å². The monoisotopic (exact) mass is 341 g/mol. The Bertz CT molecular complexity index is 762. The molecular formula is C19H23N3O3. The van der Waals surface area contributed by atoms with Gasteiger partial charge in [0.1, 0.15) is 6.33 Å². The number of phenolic OH excluding ortho intramolecular Hbond substituents is 1. The van der Waals surface area contributed by atoms with Gasteiger partial charge in [0.05, 0.1) is 19.9 Å². The van der Waals surface area contributed by atoms with E-state index in [0.29, 0.717) is 24.7 Å². The molecule has 1 aromatic carbocycles. The van der Waals surface area contributed by atoms with Crippen molar-refractivity contribution in [3.05, 3.63) is 53.5 Å². The van der Waals surface area contributed by atoms with E-state index in [2.05, 4.69) is 21.4 Å². The lowest BCUT2D eigenvalue weighted by molar-refractivity contribution is 0.232. The van der Waals surface area contributed by atoms with Crippen molar-refractivity contribution in [2.24, 2.45) is 0 Å². The van der Waals surface area contributed by atoms with Gasteiger partial charge in [-0.3, -0.25) is 4.90 Å². The van der Waals surface area contributed by atoms with E-state index in [1.807, 2.05) is 18.2 Å². The van der Waals surface area contributed by atoms with Crippen molar-refractivity contribution in [3.63, 3.8) is 0 Å². The second-order valence-electron chi connectivity index (χ2n) is 6.07. The Morgan fingerprint density at radius 1 is 1.28 bits per heavy atom. The molecular weight excluding hydrogens is 318 g/mol. The molecule has 6 nitrogen and oxygen atoms in total. The highest BCUT2D eigenvalue weighted by atomic mass is 16.5. The molecule has 0 fully saturated rings. The molecule has 1 aliphatic rings. The average molecular weight is 341 g/mol. The van der Waals surface area contributed by atoms with Gasteiger partial charge in [0.2, 0.25) is 5.88 Å². The highest BCUT2D eigenvalue weighted by molar-refractivity contribution is 5.49. The summed E-state index contributed by atoms with van der Waals surface area (Å²) in [6.07, 6.45) is 4.95. The van der Waals surface area contributed by atoms with Crippen LogP contribution in [0.4, 0.5) is 0 Å². The number of ether oxygens (including phenoxy) is 2. The zero-order valence-corrected chi connectivity index (χ0v) is 14.7. The fourth-order valence-electron chi connectivity index (χ4n) is 3.21. The van der Waals surface area contributed by atoms with Crippen molar-refractivity contribution in [3.8, 4) is 17.4 Å². The van der Waals surface area contributed by atoms with Gasteiger partial charge in [-0.1, -0.05) is 12.1 Å². The molecule has 25 heavy (non-hydrogen) atoms. The van der Waals surface area contributed by atoms with Crippen LogP contribution in [0.3, 0.4) is 0 Å². The number of hydrogen-bond donors (Lipinski definition) is 1. The van der Waals surface area contributed by atoms with Crippen LogP contribution >= 0.6 is 0 Å². The molecule has 0 unspecified atom stereocenters. The number of aromatic nitrogens is 2. The first-order valence-corrected chi connectivity index (χ1v) is 8.25. The van der Waals surface area contributed by atoms with Crippen LogP contribution < -0.4 is 9.47 Å². The largest absolute Gasteiger partial charge is 0.504 e. The predicted molar refractivity (Wildman–Crippen MR) is 95.0 cm³/mol. The van der Waals surface area contributed by atoms with Crippen LogP contribution in [0.25, 0.3) is 0 Å². The van der Waals surface area contributed by atoms with E-state index in [1.54, 1.807) is 20.5 Å². The molecule has 3 rings (SSSR count). The molecule has 0 saturated carbocycles. The highest BCUT2D eigenvalue weighted by Gasteiger charge is 2.23. The number of benzene rings is 1. The molecule has 1 N–H and O–H groups in total. The van der Waals surface area contributed by atoms with Crippen molar-refractivity contribution in [1.29, 1.82) is 0 Å². The summed E-state index contributed by atoms with van der Waals surface area (Å²) in [5.41, 5.74) is 3.96. The van der Waals surface area contributed by atoms with E-state index in [-0.39, 0.29) is 5.75 Å². The van der Waals surface area contributed by atoms with Crippen LogP contribution in [0, 0.1) is 0 Å². The maximum Gasteiger partial charge on any atom is 0.220 e. The third-order valence-corrected chi connectivity index (χ3v) is 4.44. The molecule has 0 radical (unpaired) electrons. The first kappa shape index (κ1) is 17.2.